The molecule has 0 N–H and O–H groups in total. The van der Waals surface area contributed by atoms with Crippen molar-refractivity contribution >= 4 is 43.6 Å². The lowest BCUT2D eigenvalue weighted by molar-refractivity contribution is -0.143. The quantitative estimate of drug-likeness (QED) is 0.165. The van der Waals surface area contributed by atoms with E-state index >= 15 is 0 Å². The van der Waals surface area contributed by atoms with Gasteiger partial charge < -0.3 is 9.13 Å². The molecule has 0 aliphatic carbocycles. The van der Waals surface area contributed by atoms with Crippen molar-refractivity contribution in [3.8, 4) is 28.6 Å². The third-order valence-electron chi connectivity index (χ3n) is 10.7. The summed E-state index contributed by atoms with van der Waals surface area (Å²) in [6, 6.07) is 34.5. The summed E-state index contributed by atoms with van der Waals surface area (Å²) in [4.78, 5) is 0. The summed E-state index contributed by atoms with van der Waals surface area (Å²) in [6.07, 6.45) is -10.1. The number of nitriles is 1. The van der Waals surface area contributed by atoms with Crippen molar-refractivity contribution in [2.75, 3.05) is 0 Å². The number of alkyl halides is 6. The first-order valence-electron chi connectivity index (χ1n) is 18.2. The number of nitrogens with zero attached hydrogens (tertiary/aromatic N) is 3. The predicted octanol–water partition coefficient (Wildman–Crippen LogP) is 14.1. The van der Waals surface area contributed by atoms with Crippen molar-refractivity contribution in [1.29, 1.82) is 5.26 Å². The van der Waals surface area contributed by atoms with E-state index < -0.39 is 23.5 Å². The number of hydrogen-bond acceptors (Lipinski definition) is 1. The van der Waals surface area contributed by atoms with Gasteiger partial charge in [0.25, 0.3) is 0 Å². The highest BCUT2D eigenvalue weighted by Gasteiger charge is 2.37. The Morgan fingerprint density at radius 1 is 0.446 bits per heavy atom. The van der Waals surface area contributed by atoms with E-state index in [2.05, 4.69) is 47.6 Å². The maximum absolute atomic E-state index is 14.5. The predicted molar refractivity (Wildman–Crippen MR) is 213 cm³/mol. The van der Waals surface area contributed by atoms with Crippen LogP contribution in [0.4, 0.5) is 26.3 Å². The minimum absolute atomic E-state index is 0.0947. The maximum atomic E-state index is 14.5. The molecule has 8 aromatic rings. The Balaban J connectivity index is 1.57. The van der Waals surface area contributed by atoms with Crippen LogP contribution < -0.4 is 0 Å². The fraction of sp³-hybridized carbons (Fsp3) is 0.213. The molecule has 0 aliphatic heterocycles. The van der Waals surface area contributed by atoms with Crippen LogP contribution in [0.2, 0.25) is 0 Å². The van der Waals surface area contributed by atoms with Crippen LogP contribution in [0, 0.1) is 11.3 Å². The smallest absolute Gasteiger partial charge is 0.309 e. The molecular weight excluding hydrogens is 721 g/mol. The summed E-state index contributed by atoms with van der Waals surface area (Å²) in [7, 11) is 0. The second kappa shape index (κ2) is 12.5. The summed E-state index contributed by atoms with van der Waals surface area (Å²) in [5.74, 6) is 0. The number of para-hydroxylation sites is 2. The minimum atomic E-state index is -5.07. The van der Waals surface area contributed by atoms with Gasteiger partial charge in [-0.2, -0.15) is 31.6 Å². The fourth-order valence-electron chi connectivity index (χ4n) is 7.77. The number of benzene rings is 6. The number of halogens is 6. The number of hydrogen-bond donors (Lipinski definition) is 0. The van der Waals surface area contributed by atoms with Crippen molar-refractivity contribution in [3.05, 3.63) is 143 Å². The van der Waals surface area contributed by atoms with Gasteiger partial charge in [-0.25, -0.2) is 0 Å². The Labute approximate surface area is 320 Å². The molecule has 2 heterocycles. The van der Waals surface area contributed by atoms with Crippen molar-refractivity contribution in [3.63, 3.8) is 0 Å². The lowest BCUT2D eigenvalue weighted by Gasteiger charge is -2.22. The van der Waals surface area contributed by atoms with Gasteiger partial charge in [0.15, 0.2) is 0 Å². The largest absolute Gasteiger partial charge is 0.416 e. The van der Waals surface area contributed by atoms with Crippen LogP contribution in [0.1, 0.15) is 69.4 Å². The van der Waals surface area contributed by atoms with E-state index in [1.54, 1.807) is 12.1 Å². The molecule has 8 rings (SSSR count). The highest BCUT2D eigenvalue weighted by atomic mass is 19.4. The number of fused-ring (bicyclic) bond motifs is 6. The second-order valence-electron chi connectivity index (χ2n) is 16.5. The molecule has 0 fully saturated rings. The van der Waals surface area contributed by atoms with Gasteiger partial charge in [0.1, 0.15) is 6.07 Å². The summed E-state index contributed by atoms with van der Waals surface area (Å²) in [5.41, 5.74) is 2.05. The molecule has 0 unspecified atom stereocenters. The highest BCUT2D eigenvalue weighted by Crippen LogP contribution is 2.45. The average Bonchev–Trinajstić information content (AvgIpc) is 3.65. The second-order valence-corrected chi connectivity index (χ2v) is 16.5. The molecule has 0 amide bonds. The van der Waals surface area contributed by atoms with Crippen LogP contribution in [0.25, 0.3) is 66.1 Å². The monoisotopic (exact) mass is 757 g/mol. The van der Waals surface area contributed by atoms with Crippen LogP contribution in [-0.2, 0) is 23.2 Å². The average molecular weight is 758 g/mol. The summed E-state index contributed by atoms with van der Waals surface area (Å²) in [5, 5.41) is 14.4. The zero-order valence-electron chi connectivity index (χ0n) is 31.6. The molecule has 0 radical (unpaired) electrons. The molecule has 0 aliphatic rings. The summed E-state index contributed by atoms with van der Waals surface area (Å²) < 4.78 is 90.7. The van der Waals surface area contributed by atoms with Crippen LogP contribution in [-0.4, -0.2) is 9.13 Å². The number of aromatic nitrogens is 2. The van der Waals surface area contributed by atoms with Gasteiger partial charge >= 0.3 is 12.4 Å². The van der Waals surface area contributed by atoms with E-state index in [0.29, 0.717) is 16.7 Å². The van der Waals surface area contributed by atoms with Crippen molar-refractivity contribution in [2.45, 2.75) is 64.7 Å². The lowest BCUT2D eigenvalue weighted by atomic mass is 9.86. The third-order valence-corrected chi connectivity index (χ3v) is 10.7. The van der Waals surface area contributed by atoms with Crippen molar-refractivity contribution < 1.29 is 26.3 Å². The van der Waals surface area contributed by atoms with E-state index in [-0.39, 0.29) is 39.3 Å². The van der Waals surface area contributed by atoms with Crippen molar-refractivity contribution in [1.82, 2.24) is 9.13 Å². The molecule has 2 aromatic heterocycles. The van der Waals surface area contributed by atoms with Crippen LogP contribution in [0.5, 0.6) is 0 Å². The van der Waals surface area contributed by atoms with Crippen LogP contribution in [0.3, 0.4) is 0 Å². The van der Waals surface area contributed by atoms with Crippen molar-refractivity contribution in [2.24, 2.45) is 0 Å². The Morgan fingerprint density at radius 2 is 0.875 bits per heavy atom. The molecule has 0 saturated carbocycles. The Kier molecular flexibility index (Phi) is 8.25. The molecule has 0 spiro atoms. The Bertz CT molecular complexity index is 2890. The fourth-order valence-corrected chi connectivity index (χ4v) is 7.77. The third kappa shape index (κ3) is 6.08. The first kappa shape index (κ1) is 36.9. The normalized spacial score (nSPS) is 13.0. The van der Waals surface area contributed by atoms with Crippen LogP contribution >= 0.6 is 0 Å². The SMILES string of the molecule is CC(C)(C)c1ccc2c3ccccc3n(-c3cc(-c4cc(C(F)(F)F)cc(C(F)(F)F)c4)c(-n4c5ccccc5c5ccc(C(C)(C)C)cc54)cc3C#N)c2c1. The van der Waals surface area contributed by atoms with E-state index in [0.717, 1.165) is 55.8 Å². The van der Waals surface area contributed by atoms with E-state index in [4.69, 9.17) is 0 Å². The van der Waals surface area contributed by atoms with E-state index in [1.807, 2.05) is 94.1 Å². The van der Waals surface area contributed by atoms with Gasteiger partial charge in [0.05, 0.1) is 50.1 Å². The Hall–Kier alpha value is -6.01. The van der Waals surface area contributed by atoms with Gasteiger partial charge in [-0.05, 0) is 82.1 Å². The summed E-state index contributed by atoms with van der Waals surface area (Å²) in [6.45, 7) is 12.4. The van der Waals surface area contributed by atoms with Gasteiger partial charge in [0, 0.05) is 27.1 Å². The highest BCUT2D eigenvalue weighted by molar-refractivity contribution is 6.11. The molecule has 56 heavy (non-hydrogen) atoms. The molecule has 0 bridgehead atoms. The molecule has 9 heteroatoms. The molecule has 6 aromatic carbocycles. The zero-order chi connectivity index (χ0) is 40.1. The molecule has 0 atom stereocenters. The number of rotatable bonds is 3. The van der Waals surface area contributed by atoms with E-state index in [9.17, 15) is 31.6 Å². The Morgan fingerprint density at radius 3 is 1.30 bits per heavy atom. The molecule has 282 valence electrons. The van der Waals surface area contributed by atoms with Gasteiger partial charge in [-0.15, -0.1) is 0 Å². The standard InChI is InChI=1S/C47H37F6N3/c1-44(2,3)29-15-17-35-33-11-7-9-13-38(33)55(42(35)23-29)40-25-37(27-19-31(46(48,49)50)22-32(20-27)47(51,52)53)41(21-28(40)26-54)56-39-14-10-8-12-34(39)36-18-16-30(24-43(36)56)45(4,5)6/h7-25H,1-6H3. The lowest BCUT2D eigenvalue weighted by Crippen LogP contribution is -2.12. The van der Waals surface area contributed by atoms with Crippen LogP contribution in [0.15, 0.2) is 115 Å². The van der Waals surface area contributed by atoms with Gasteiger partial charge in [-0.3, -0.25) is 0 Å². The topological polar surface area (TPSA) is 33.6 Å². The summed E-state index contributed by atoms with van der Waals surface area (Å²) >= 11 is 0. The van der Waals surface area contributed by atoms with Gasteiger partial charge in [-0.1, -0.05) is 102 Å². The maximum Gasteiger partial charge on any atom is 0.416 e. The van der Waals surface area contributed by atoms with Gasteiger partial charge in [0.2, 0.25) is 0 Å². The first-order chi connectivity index (χ1) is 26.3. The minimum Gasteiger partial charge on any atom is -0.309 e. The zero-order valence-corrected chi connectivity index (χ0v) is 31.6. The first-order valence-corrected chi connectivity index (χ1v) is 18.2. The molecule has 3 nitrogen and oxygen atoms in total. The molecule has 0 saturated heterocycles. The molecular formula is C47H37F6N3. The van der Waals surface area contributed by atoms with E-state index in [1.165, 1.54) is 0 Å².